The van der Waals surface area contributed by atoms with Crippen LogP contribution in [0.2, 0.25) is 0 Å². The summed E-state index contributed by atoms with van der Waals surface area (Å²) in [6.45, 7) is 2.98. The van der Waals surface area contributed by atoms with Gasteiger partial charge in [-0.2, -0.15) is 8.75 Å². The van der Waals surface area contributed by atoms with Crippen molar-refractivity contribution < 1.29 is 4.42 Å². The SMILES string of the molecule is CCNC(Cc1ccco1)c1cnsn1. The molecule has 1 atom stereocenters. The van der Waals surface area contributed by atoms with E-state index in [-0.39, 0.29) is 6.04 Å². The lowest BCUT2D eigenvalue weighted by molar-refractivity contribution is 0.451. The summed E-state index contributed by atoms with van der Waals surface area (Å²) in [6, 6.07) is 4.07. The molecule has 0 spiro atoms. The smallest absolute Gasteiger partial charge is 0.105 e. The Labute approximate surface area is 92.7 Å². The van der Waals surface area contributed by atoms with Gasteiger partial charge in [0.2, 0.25) is 0 Å². The number of hydrogen-bond donors (Lipinski definition) is 1. The Balaban J connectivity index is 2.07. The van der Waals surface area contributed by atoms with Gasteiger partial charge in [0.1, 0.15) is 5.76 Å². The predicted molar refractivity (Wildman–Crippen MR) is 58.7 cm³/mol. The van der Waals surface area contributed by atoms with Crippen molar-refractivity contribution in [2.24, 2.45) is 0 Å². The fourth-order valence-electron chi connectivity index (χ4n) is 1.48. The number of furan rings is 1. The van der Waals surface area contributed by atoms with Crippen LogP contribution in [0.25, 0.3) is 0 Å². The Bertz CT molecular complexity index is 371. The Hall–Kier alpha value is -1.20. The van der Waals surface area contributed by atoms with Crippen LogP contribution >= 0.6 is 11.7 Å². The van der Waals surface area contributed by atoms with Crippen molar-refractivity contribution >= 4 is 11.7 Å². The molecule has 0 radical (unpaired) electrons. The lowest BCUT2D eigenvalue weighted by Crippen LogP contribution is -2.23. The summed E-state index contributed by atoms with van der Waals surface area (Å²) in [7, 11) is 0. The number of hydrogen-bond acceptors (Lipinski definition) is 5. The summed E-state index contributed by atoms with van der Waals surface area (Å²) >= 11 is 1.24. The highest BCUT2D eigenvalue weighted by Gasteiger charge is 2.14. The Morgan fingerprint density at radius 3 is 3.13 bits per heavy atom. The maximum absolute atomic E-state index is 5.32. The summed E-state index contributed by atoms with van der Waals surface area (Å²) in [5.74, 6) is 0.967. The van der Waals surface area contributed by atoms with E-state index in [2.05, 4.69) is 21.0 Å². The van der Waals surface area contributed by atoms with Gasteiger partial charge in [-0.05, 0) is 18.7 Å². The quantitative estimate of drug-likeness (QED) is 0.842. The summed E-state index contributed by atoms with van der Waals surface area (Å²) in [6.07, 6.45) is 4.31. The zero-order chi connectivity index (χ0) is 10.5. The minimum atomic E-state index is 0.194. The first-order chi connectivity index (χ1) is 7.40. The number of rotatable bonds is 5. The van der Waals surface area contributed by atoms with Crippen LogP contribution in [0.5, 0.6) is 0 Å². The lowest BCUT2D eigenvalue weighted by atomic mass is 10.1. The second kappa shape index (κ2) is 5.04. The van der Waals surface area contributed by atoms with E-state index in [9.17, 15) is 0 Å². The van der Waals surface area contributed by atoms with Gasteiger partial charge in [0.25, 0.3) is 0 Å². The molecule has 0 aliphatic rings. The van der Waals surface area contributed by atoms with Crippen LogP contribution in [-0.2, 0) is 6.42 Å². The second-order valence-electron chi connectivity index (χ2n) is 3.23. The van der Waals surface area contributed by atoms with E-state index in [0.717, 1.165) is 24.4 Å². The van der Waals surface area contributed by atoms with E-state index in [1.807, 2.05) is 12.1 Å². The topological polar surface area (TPSA) is 51.0 Å². The summed E-state index contributed by atoms with van der Waals surface area (Å²) in [5.41, 5.74) is 0.984. The Morgan fingerprint density at radius 1 is 1.60 bits per heavy atom. The van der Waals surface area contributed by atoms with E-state index in [0.29, 0.717) is 0 Å². The van der Waals surface area contributed by atoms with Crippen LogP contribution in [-0.4, -0.2) is 15.3 Å². The number of aromatic nitrogens is 2. The van der Waals surface area contributed by atoms with Gasteiger partial charge in [-0.25, -0.2) is 0 Å². The number of likely N-dealkylation sites (N-methyl/N-ethyl adjacent to an activating group) is 1. The molecular weight excluding hydrogens is 210 g/mol. The molecule has 2 rings (SSSR count). The molecule has 0 aromatic carbocycles. The summed E-state index contributed by atoms with van der Waals surface area (Å²) in [4.78, 5) is 0. The van der Waals surface area contributed by atoms with Crippen LogP contribution in [0.4, 0.5) is 0 Å². The van der Waals surface area contributed by atoms with Gasteiger partial charge in [0.05, 0.1) is 35.9 Å². The molecule has 0 amide bonds. The van der Waals surface area contributed by atoms with Crippen molar-refractivity contribution in [2.75, 3.05) is 6.54 Å². The summed E-state index contributed by atoms with van der Waals surface area (Å²) in [5, 5.41) is 3.37. The van der Waals surface area contributed by atoms with Crippen molar-refractivity contribution in [3.05, 3.63) is 36.0 Å². The summed E-state index contributed by atoms with van der Waals surface area (Å²) < 4.78 is 13.6. The zero-order valence-corrected chi connectivity index (χ0v) is 9.33. The first-order valence-electron chi connectivity index (χ1n) is 4.93. The Kier molecular flexibility index (Phi) is 3.47. The number of nitrogens with one attached hydrogen (secondary N) is 1. The van der Waals surface area contributed by atoms with Crippen molar-refractivity contribution in [3.8, 4) is 0 Å². The number of nitrogens with zero attached hydrogens (tertiary/aromatic N) is 2. The molecule has 0 saturated heterocycles. The lowest BCUT2D eigenvalue weighted by Gasteiger charge is -2.13. The minimum Gasteiger partial charge on any atom is -0.469 e. The van der Waals surface area contributed by atoms with Crippen molar-refractivity contribution in [3.63, 3.8) is 0 Å². The first kappa shape index (κ1) is 10.3. The molecule has 0 saturated carbocycles. The molecule has 1 unspecified atom stereocenters. The molecule has 0 fully saturated rings. The predicted octanol–water partition coefficient (Wildman–Crippen LogP) is 2.02. The van der Waals surface area contributed by atoms with Crippen LogP contribution in [0.1, 0.15) is 24.4 Å². The maximum Gasteiger partial charge on any atom is 0.105 e. The van der Waals surface area contributed by atoms with Crippen LogP contribution in [0, 0.1) is 0 Å². The average molecular weight is 223 g/mol. The second-order valence-corrected chi connectivity index (χ2v) is 3.78. The fourth-order valence-corrected chi connectivity index (χ4v) is 1.95. The molecule has 0 aliphatic heterocycles. The van der Waals surface area contributed by atoms with Gasteiger partial charge in [-0.3, -0.25) is 0 Å². The maximum atomic E-state index is 5.32. The van der Waals surface area contributed by atoms with E-state index in [1.54, 1.807) is 12.5 Å². The molecular formula is C10H13N3OS. The molecule has 2 heterocycles. The van der Waals surface area contributed by atoms with Gasteiger partial charge in [0.15, 0.2) is 0 Å². The van der Waals surface area contributed by atoms with E-state index in [1.165, 1.54) is 11.7 Å². The molecule has 80 valence electrons. The van der Waals surface area contributed by atoms with Gasteiger partial charge in [-0.15, -0.1) is 0 Å². The van der Waals surface area contributed by atoms with Gasteiger partial charge in [-0.1, -0.05) is 6.92 Å². The molecule has 15 heavy (non-hydrogen) atoms. The van der Waals surface area contributed by atoms with E-state index >= 15 is 0 Å². The van der Waals surface area contributed by atoms with Gasteiger partial charge < -0.3 is 9.73 Å². The van der Waals surface area contributed by atoms with Crippen molar-refractivity contribution in [2.45, 2.75) is 19.4 Å². The third kappa shape index (κ3) is 2.64. The molecule has 1 N–H and O–H groups in total. The van der Waals surface area contributed by atoms with Gasteiger partial charge >= 0.3 is 0 Å². The normalized spacial score (nSPS) is 12.9. The molecule has 2 aromatic rings. The standard InChI is InChI=1S/C10H13N3OS/c1-2-11-9(10-7-12-15-13-10)6-8-4-3-5-14-8/h3-5,7,9,11H,2,6H2,1H3. The molecule has 2 aromatic heterocycles. The minimum absolute atomic E-state index is 0.194. The molecule has 4 nitrogen and oxygen atoms in total. The molecule has 0 bridgehead atoms. The third-order valence-corrected chi connectivity index (χ3v) is 2.66. The van der Waals surface area contributed by atoms with Crippen LogP contribution < -0.4 is 5.32 Å². The third-order valence-electron chi connectivity index (χ3n) is 2.17. The monoisotopic (exact) mass is 223 g/mol. The Morgan fingerprint density at radius 2 is 2.53 bits per heavy atom. The highest BCUT2D eigenvalue weighted by atomic mass is 32.1. The van der Waals surface area contributed by atoms with Crippen molar-refractivity contribution in [1.29, 1.82) is 0 Å². The van der Waals surface area contributed by atoms with Crippen LogP contribution in [0.15, 0.2) is 29.0 Å². The average Bonchev–Trinajstić information content (AvgIpc) is 2.89. The van der Waals surface area contributed by atoms with Crippen molar-refractivity contribution in [1.82, 2.24) is 14.1 Å². The van der Waals surface area contributed by atoms with E-state index < -0.39 is 0 Å². The van der Waals surface area contributed by atoms with E-state index in [4.69, 9.17) is 4.42 Å². The molecule has 5 heteroatoms. The zero-order valence-electron chi connectivity index (χ0n) is 8.51. The van der Waals surface area contributed by atoms with Crippen LogP contribution in [0.3, 0.4) is 0 Å². The molecule has 0 aliphatic carbocycles. The fraction of sp³-hybridized carbons (Fsp3) is 0.400. The first-order valence-corrected chi connectivity index (χ1v) is 5.66. The highest BCUT2D eigenvalue weighted by Crippen LogP contribution is 2.16. The highest BCUT2D eigenvalue weighted by molar-refractivity contribution is 6.99. The van der Waals surface area contributed by atoms with Gasteiger partial charge in [0, 0.05) is 6.42 Å². The largest absolute Gasteiger partial charge is 0.469 e.